The fourth-order valence-electron chi connectivity index (χ4n) is 2.42. The van der Waals surface area contributed by atoms with Crippen LogP contribution in [0.1, 0.15) is 24.4 Å². The molecule has 0 amide bonds. The minimum absolute atomic E-state index is 0.0763. The monoisotopic (exact) mass is 238 g/mol. The van der Waals surface area contributed by atoms with Crippen molar-refractivity contribution in [3.63, 3.8) is 0 Å². The van der Waals surface area contributed by atoms with Gasteiger partial charge in [0.05, 0.1) is 7.11 Å². The number of nitrogens with two attached hydrogens (primary N) is 1. The Labute approximate surface area is 101 Å². The topological polar surface area (TPSA) is 47.3 Å². The fourth-order valence-corrected chi connectivity index (χ4v) is 2.42. The molecule has 1 atom stereocenters. The highest BCUT2D eigenvalue weighted by Crippen LogP contribution is 2.32. The van der Waals surface area contributed by atoms with Crippen molar-refractivity contribution < 1.29 is 9.13 Å². The van der Waals surface area contributed by atoms with Gasteiger partial charge in [-0.15, -0.1) is 0 Å². The van der Waals surface area contributed by atoms with Gasteiger partial charge in [-0.3, -0.25) is 0 Å². The van der Waals surface area contributed by atoms with E-state index in [0.717, 1.165) is 31.5 Å². The Balaban J connectivity index is 2.19. The summed E-state index contributed by atoms with van der Waals surface area (Å²) in [7, 11) is 1.55. The molecular formula is C13H19FN2O. The molecule has 0 spiro atoms. The minimum Gasteiger partial charge on any atom is -0.496 e. The number of hydrogen-bond donors (Lipinski definition) is 2. The van der Waals surface area contributed by atoms with Crippen LogP contribution in [0.25, 0.3) is 0 Å². The third-order valence-corrected chi connectivity index (χ3v) is 3.45. The van der Waals surface area contributed by atoms with E-state index in [1.807, 2.05) is 0 Å². The molecule has 2 rings (SSSR count). The number of halogens is 1. The van der Waals surface area contributed by atoms with Crippen LogP contribution in [-0.4, -0.2) is 20.2 Å². The second-order valence-corrected chi connectivity index (χ2v) is 4.50. The molecule has 3 nitrogen and oxygen atoms in total. The molecule has 1 fully saturated rings. The van der Waals surface area contributed by atoms with Crippen LogP contribution < -0.4 is 15.8 Å². The lowest BCUT2D eigenvalue weighted by molar-refractivity contribution is 0.313. The third-order valence-electron chi connectivity index (χ3n) is 3.45. The number of ether oxygens (including phenoxy) is 1. The smallest absolute Gasteiger partial charge is 0.126 e. The van der Waals surface area contributed by atoms with Crippen molar-refractivity contribution in [2.75, 3.05) is 20.2 Å². The van der Waals surface area contributed by atoms with Gasteiger partial charge in [0.25, 0.3) is 0 Å². The van der Waals surface area contributed by atoms with Crippen molar-refractivity contribution in [1.82, 2.24) is 5.32 Å². The summed E-state index contributed by atoms with van der Waals surface area (Å²) in [6.07, 6.45) is 2.11. The van der Waals surface area contributed by atoms with Crippen LogP contribution in [0, 0.1) is 11.7 Å². The van der Waals surface area contributed by atoms with Gasteiger partial charge in [-0.25, -0.2) is 4.39 Å². The Morgan fingerprint density at radius 3 is 2.76 bits per heavy atom. The minimum atomic E-state index is -0.289. The Kier molecular flexibility index (Phi) is 3.97. The van der Waals surface area contributed by atoms with E-state index in [-0.39, 0.29) is 11.9 Å². The van der Waals surface area contributed by atoms with Crippen molar-refractivity contribution in [1.29, 1.82) is 0 Å². The quantitative estimate of drug-likeness (QED) is 0.844. The number of rotatable bonds is 3. The van der Waals surface area contributed by atoms with Crippen molar-refractivity contribution in [2.24, 2.45) is 11.7 Å². The molecular weight excluding hydrogens is 219 g/mol. The van der Waals surface area contributed by atoms with Gasteiger partial charge in [0.2, 0.25) is 0 Å². The lowest BCUT2D eigenvalue weighted by atomic mass is 9.86. The molecule has 1 aliphatic heterocycles. The zero-order valence-electron chi connectivity index (χ0n) is 10.1. The van der Waals surface area contributed by atoms with Crippen molar-refractivity contribution in [2.45, 2.75) is 18.9 Å². The van der Waals surface area contributed by atoms with Gasteiger partial charge in [0.1, 0.15) is 11.6 Å². The number of piperidine rings is 1. The van der Waals surface area contributed by atoms with E-state index in [1.165, 1.54) is 12.1 Å². The largest absolute Gasteiger partial charge is 0.496 e. The maximum atomic E-state index is 13.1. The Morgan fingerprint density at radius 1 is 1.41 bits per heavy atom. The highest BCUT2D eigenvalue weighted by Gasteiger charge is 2.24. The normalized spacial score (nSPS) is 19.0. The molecule has 1 aromatic carbocycles. The predicted molar refractivity (Wildman–Crippen MR) is 65.5 cm³/mol. The van der Waals surface area contributed by atoms with Gasteiger partial charge >= 0.3 is 0 Å². The molecule has 0 aromatic heterocycles. The molecule has 3 N–H and O–H groups in total. The molecule has 0 radical (unpaired) electrons. The average Bonchev–Trinajstić information content (AvgIpc) is 2.39. The van der Waals surface area contributed by atoms with E-state index >= 15 is 0 Å². The number of methoxy groups -OCH3 is 1. The molecule has 1 heterocycles. The molecule has 0 saturated carbocycles. The summed E-state index contributed by atoms with van der Waals surface area (Å²) in [5.41, 5.74) is 7.17. The van der Waals surface area contributed by atoms with Gasteiger partial charge in [-0.05, 0) is 37.9 Å². The van der Waals surface area contributed by atoms with E-state index < -0.39 is 0 Å². The molecule has 1 saturated heterocycles. The summed E-state index contributed by atoms with van der Waals surface area (Å²) in [5, 5.41) is 3.31. The Morgan fingerprint density at radius 2 is 2.12 bits per heavy atom. The van der Waals surface area contributed by atoms with Crippen LogP contribution in [0.2, 0.25) is 0 Å². The van der Waals surface area contributed by atoms with Gasteiger partial charge in [0, 0.05) is 17.7 Å². The average molecular weight is 238 g/mol. The summed E-state index contributed by atoms with van der Waals surface area (Å²) >= 11 is 0. The molecule has 0 bridgehead atoms. The lowest BCUT2D eigenvalue weighted by Gasteiger charge is -2.29. The van der Waals surface area contributed by atoms with E-state index in [4.69, 9.17) is 10.5 Å². The summed E-state index contributed by atoms with van der Waals surface area (Å²) in [6, 6.07) is 4.50. The number of benzene rings is 1. The second-order valence-electron chi connectivity index (χ2n) is 4.50. The summed E-state index contributed by atoms with van der Waals surface area (Å²) < 4.78 is 18.3. The van der Waals surface area contributed by atoms with E-state index in [0.29, 0.717) is 11.7 Å². The second kappa shape index (κ2) is 5.47. The molecule has 0 aliphatic carbocycles. The highest BCUT2D eigenvalue weighted by molar-refractivity contribution is 5.36. The zero-order valence-corrected chi connectivity index (χ0v) is 10.1. The summed E-state index contributed by atoms with van der Waals surface area (Å²) in [6.45, 7) is 2.00. The molecule has 1 aromatic rings. The molecule has 94 valence electrons. The van der Waals surface area contributed by atoms with Crippen molar-refractivity contribution in [3.8, 4) is 5.75 Å². The fraction of sp³-hybridized carbons (Fsp3) is 0.538. The van der Waals surface area contributed by atoms with Crippen LogP contribution >= 0.6 is 0 Å². The highest BCUT2D eigenvalue weighted by atomic mass is 19.1. The van der Waals surface area contributed by atoms with Gasteiger partial charge < -0.3 is 15.8 Å². The maximum absolute atomic E-state index is 13.1. The third kappa shape index (κ3) is 2.76. The maximum Gasteiger partial charge on any atom is 0.126 e. The van der Waals surface area contributed by atoms with Crippen molar-refractivity contribution in [3.05, 3.63) is 29.6 Å². The molecule has 1 aliphatic rings. The molecule has 4 heteroatoms. The van der Waals surface area contributed by atoms with Gasteiger partial charge in [-0.1, -0.05) is 6.07 Å². The van der Waals surface area contributed by atoms with Gasteiger partial charge in [0.15, 0.2) is 0 Å². The first-order valence-electron chi connectivity index (χ1n) is 6.02. The summed E-state index contributed by atoms with van der Waals surface area (Å²) in [4.78, 5) is 0. The van der Waals surface area contributed by atoms with E-state index in [9.17, 15) is 4.39 Å². The van der Waals surface area contributed by atoms with Crippen LogP contribution in [0.15, 0.2) is 18.2 Å². The predicted octanol–water partition coefficient (Wildman–Crippen LogP) is 1.83. The van der Waals surface area contributed by atoms with Crippen LogP contribution in [0.5, 0.6) is 5.75 Å². The Bertz CT molecular complexity index is 378. The number of nitrogens with one attached hydrogen (secondary N) is 1. The SMILES string of the molecule is COc1cc(F)ccc1C(N)C1CCNCC1. The molecule has 17 heavy (non-hydrogen) atoms. The zero-order chi connectivity index (χ0) is 12.3. The first-order chi connectivity index (χ1) is 8.22. The van der Waals surface area contributed by atoms with Gasteiger partial charge in [-0.2, -0.15) is 0 Å². The van der Waals surface area contributed by atoms with Crippen molar-refractivity contribution >= 4 is 0 Å². The Hall–Kier alpha value is -1.13. The standard InChI is InChI=1S/C13H19FN2O/c1-17-12-8-10(14)2-3-11(12)13(15)9-4-6-16-7-5-9/h2-3,8-9,13,16H,4-7,15H2,1H3. The van der Waals surface area contributed by atoms with Crippen LogP contribution in [-0.2, 0) is 0 Å². The van der Waals surface area contributed by atoms with Crippen LogP contribution in [0.4, 0.5) is 4.39 Å². The lowest BCUT2D eigenvalue weighted by Crippen LogP contribution is -2.33. The molecule has 1 unspecified atom stereocenters. The number of hydrogen-bond acceptors (Lipinski definition) is 3. The first-order valence-corrected chi connectivity index (χ1v) is 6.02. The van der Waals surface area contributed by atoms with E-state index in [1.54, 1.807) is 13.2 Å². The van der Waals surface area contributed by atoms with E-state index in [2.05, 4.69) is 5.32 Å². The summed E-state index contributed by atoms with van der Waals surface area (Å²) in [5.74, 6) is 0.703. The van der Waals surface area contributed by atoms with Crippen LogP contribution in [0.3, 0.4) is 0 Å². The first kappa shape index (κ1) is 12.3.